The van der Waals surface area contributed by atoms with Gasteiger partial charge in [-0.1, -0.05) is 0 Å². The highest BCUT2D eigenvalue weighted by Crippen LogP contribution is 2.33. The van der Waals surface area contributed by atoms with Crippen LogP contribution in [0.5, 0.6) is 0 Å². The van der Waals surface area contributed by atoms with Crippen LogP contribution in [-0.4, -0.2) is 38.9 Å². The van der Waals surface area contributed by atoms with E-state index in [1.54, 1.807) is 12.1 Å². The molecule has 1 saturated heterocycles. The first kappa shape index (κ1) is 16.7. The van der Waals surface area contributed by atoms with Gasteiger partial charge in [0.25, 0.3) is 0 Å². The second-order valence-electron chi connectivity index (χ2n) is 7.59. The Morgan fingerprint density at radius 1 is 1.04 bits per heavy atom. The average molecular weight is 366 g/mol. The third-order valence-electron chi connectivity index (χ3n) is 5.75. The van der Waals surface area contributed by atoms with E-state index < -0.39 is 0 Å². The van der Waals surface area contributed by atoms with E-state index in [9.17, 15) is 9.50 Å². The van der Waals surface area contributed by atoms with Gasteiger partial charge < -0.3 is 10.0 Å². The van der Waals surface area contributed by atoms with Crippen molar-refractivity contribution in [2.45, 2.75) is 44.6 Å². The minimum absolute atomic E-state index is 0.207. The van der Waals surface area contributed by atoms with E-state index >= 15 is 0 Å². The maximum absolute atomic E-state index is 13.3. The number of aliphatic hydroxyl groups is 1. The van der Waals surface area contributed by atoms with Gasteiger partial charge in [-0.2, -0.15) is 9.61 Å². The first-order valence-corrected chi connectivity index (χ1v) is 9.79. The van der Waals surface area contributed by atoms with E-state index in [2.05, 4.69) is 4.90 Å². The smallest absolute Gasteiger partial charge is 0.158 e. The van der Waals surface area contributed by atoms with Crippen molar-refractivity contribution in [3.63, 3.8) is 0 Å². The fraction of sp³-hybridized carbons (Fsp3) is 0.429. The topological polar surface area (TPSA) is 53.7 Å². The molecule has 2 aromatic heterocycles. The normalized spacial score (nSPS) is 18.1. The monoisotopic (exact) mass is 366 g/mol. The Kier molecular flexibility index (Phi) is 4.08. The number of halogens is 1. The molecular formula is C21H23FN4O. The van der Waals surface area contributed by atoms with Crippen LogP contribution >= 0.6 is 0 Å². The Balaban J connectivity index is 1.66. The molecule has 1 aliphatic carbocycles. The minimum Gasteiger partial charge on any atom is -0.393 e. The van der Waals surface area contributed by atoms with Crippen molar-refractivity contribution in [1.29, 1.82) is 0 Å². The van der Waals surface area contributed by atoms with E-state index in [-0.39, 0.29) is 11.9 Å². The van der Waals surface area contributed by atoms with Gasteiger partial charge in [-0.05, 0) is 62.8 Å². The van der Waals surface area contributed by atoms with Crippen LogP contribution < -0.4 is 4.90 Å². The second kappa shape index (κ2) is 6.60. The van der Waals surface area contributed by atoms with Crippen LogP contribution in [0, 0.1) is 5.82 Å². The Labute approximate surface area is 157 Å². The summed E-state index contributed by atoms with van der Waals surface area (Å²) in [5.74, 6) is 0.888. The molecule has 5 nitrogen and oxygen atoms in total. The van der Waals surface area contributed by atoms with E-state index in [1.165, 1.54) is 36.2 Å². The number of nitrogens with zero attached hydrogens (tertiary/aromatic N) is 4. The fourth-order valence-corrected chi connectivity index (χ4v) is 4.29. The van der Waals surface area contributed by atoms with Crippen molar-refractivity contribution in [3.05, 3.63) is 47.4 Å². The highest BCUT2D eigenvalue weighted by Gasteiger charge is 2.26. The summed E-state index contributed by atoms with van der Waals surface area (Å²) in [5.41, 5.74) is 5.03. The van der Waals surface area contributed by atoms with Gasteiger partial charge in [0.05, 0.1) is 11.8 Å². The molecule has 1 N–H and O–H groups in total. The quantitative estimate of drug-likeness (QED) is 0.756. The number of hydrogen-bond acceptors (Lipinski definition) is 4. The van der Waals surface area contributed by atoms with Crippen LogP contribution in [-0.2, 0) is 12.8 Å². The van der Waals surface area contributed by atoms with Gasteiger partial charge in [0.15, 0.2) is 5.65 Å². The highest BCUT2D eigenvalue weighted by atomic mass is 19.1. The standard InChI is InChI=1S/C21H23FN4O/c22-15-7-5-14(6-8-15)19-13-20-23-18-4-2-1-3-17(18)21(26(20)24-19)25-11-9-16(27)10-12-25/h5-8,13,16,27H,1-4,9-12H2. The third kappa shape index (κ3) is 2.98. The summed E-state index contributed by atoms with van der Waals surface area (Å²) in [6, 6.07) is 8.43. The maximum Gasteiger partial charge on any atom is 0.158 e. The number of rotatable bonds is 2. The Bertz CT molecular complexity index is 974. The lowest BCUT2D eigenvalue weighted by molar-refractivity contribution is 0.145. The zero-order chi connectivity index (χ0) is 18.4. The Morgan fingerprint density at radius 3 is 2.56 bits per heavy atom. The van der Waals surface area contributed by atoms with Gasteiger partial charge in [0.2, 0.25) is 0 Å². The number of anilines is 1. The molecule has 0 bridgehead atoms. The van der Waals surface area contributed by atoms with Gasteiger partial charge in [-0.3, -0.25) is 0 Å². The summed E-state index contributed by atoms with van der Waals surface area (Å²) in [4.78, 5) is 7.25. The van der Waals surface area contributed by atoms with Crippen LogP contribution in [0.3, 0.4) is 0 Å². The number of hydrogen-bond donors (Lipinski definition) is 1. The molecule has 140 valence electrons. The molecule has 1 aliphatic heterocycles. The molecule has 5 rings (SSSR count). The van der Waals surface area contributed by atoms with Crippen LogP contribution in [0.4, 0.5) is 10.2 Å². The van der Waals surface area contributed by atoms with Crippen molar-refractivity contribution < 1.29 is 9.50 Å². The maximum atomic E-state index is 13.3. The first-order valence-electron chi connectivity index (χ1n) is 9.79. The number of benzene rings is 1. The number of aromatic nitrogens is 3. The number of piperidine rings is 1. The van der Waals surface area contributed by atoms with Gasteiger partial charge >= 0.3 is 0 Å². The van der Waals surface area contributed by atoms with Crippen molar-refractivity contribution in [1.82, 2.24) is 14.6 Å². The SMILES string of the molecule is OC1CCN(c2c3c(nc4cc(-c5ccc(F)cc5)nn24)CCCC3)CC1. The lowest BCUT2D eigenvalue weighted by Gasteiger charge is -2.34. The van der Waals surface area contributed by atoms with Crippen molar-refractivity contribution in [3.8, 4) is 11.3 Å². The summed E-state index contributed by atoms with van der Waals surface area (Å²) >= 11 is 0. The van der Waals surface area contributed by atoms with Crippen molar-refractivity contribution >= 4 is 11.5 Å². The molecule has 0 saturated carbocycles. The van der Waals surface area contributed by atoms with Gasteiger partial charge in [0.1, 0.15) is 11.6 Å². The molecule has 1 fully saturated rings. The average Bonchev–Trinajstić information content (AvgIpc) is 3.11. The van der Waals surface area contributed by atoms with E-state index in [4.69, 9.17) is 10.1 Å². The van der Waals surface area contributed by atoms with Gasteiger partial charge in [-0.25, -0.2) is 9.37 Å². The summed E-state index contributed by atoms with van der Waals surface area (Å²) < 4.78 is 15.2. The van der Waals surface area contributed by atoms with E-state index in [0.717, 1.165) is 61.5 Å². The molecule has 0 atom stereocenters. The second-order valence-corrected chi connectivity index (χ2v) is 7.59. The number of aryl methyl sites for hydroxylation is 1. The minimum atomic E-state index is -0.247. The molecule has 0 amide bonds. The molecule has 6 heteroatoms. The molecule has 0 unspecified atom stereocenters. The van der Waals surface area contributed by atoms with Gasteiger partial charge in [-0.15, -0.1) is 0 Å². The van der Waals surface area contributed by atoms with Crippen LogP contribution in [0.25, 0.3) is 16.9 Å². The number of aliphatic hydroxyl groups excluding tert-OH is 1. The van der Waals surface area contributed by atoms with Crippen LogP contribution in [0.2, 0.25) is 0 Å². The van der Waals surface area contributed by atoms with E-state index in [1.807, 2.05) is 10.6 Å². The van der Waals surface area contributed by atoms with E-state index in [0.29, 0.717) is 0 Å². The van der Waals surface area contributed by atoms with Crippen LogP contribution in [0.15, 0.2) is 30.3 Å². The number of fused-ring (bicyclic) bond motifs is 2. The van der Waals surface area contributed by atoms with Crippen LogP contribution in [0.1, 0.15) is 36.9 Å². The largest absolute Gasteiger partial charge is 0.393 e. The fourth-order valence-electron chi connectivity index (χ4n) is 4.29. The summed E-state index contributed by atoms with van der Waals surface area (Å²) in [6.45, 7) is 1.66. The van der Waals surface area contributed by atoms with Gasteiger partial charge in [0, 0.05) is 36.0 Å². The molecular weight excluding hydrogens is 343 g/mol. The highest BCUT2D eigenvalue weighted by molar-refractivity contribution is 5.67. The predicted molar refractivity (Wildman–Crippen MR) is 102 cm³/mol. The first-order chi connectivity index (χ1) is 13.2. The lowest BCUT2D eigenvalue weighted by Crippen LogP contribution is -2.38. The molecule has 1 aromatic carbocycles. The zero-order valence-corrected chi connectivity index (χ0v) is 15.2. The Hall–Kier alpha value is -2.47. The molecule has 2 aliphatic rings. The van der Waals surface area contributed by atoms with Crippen molar-refractivity contribution in [2.75, 3.05) is 18.0 Å². The summed E-state index contributed by atoms with van der Waals surface area (Å²) in [5, 5.41) is 14.8. The Morgan fingerprint density at radius 2 is 1.78 bits per heavy atom. The summed E-state index contributed by atoms with van der Waals surface area (Å²) in [6.07, 6.45) is 5.74. The lowest BCUT2D eigenvalue weighted by atomic mass is 9.95. The molecule has 0 spiro atoms. The summed E-state index contributed by atoms with van der Waals surface area (Å²) in [7, 11) is 0. The van der Waals surface area contributed by atoms with Crippen molar-refractivity contribution in [2.24, 2.45) is 0 Å². The third-order valence-corrected chi connectivity index (χ3v) is 5.75. The zero-order valence-electron chi connectivity index (χ0n) is 15.2. The predicted octanol–water partition coefficient (Wildman–Crippen LogP) is 3.38. The molecule has 27 heavy (non-hydrogen) atoms. The molecule has 3 heterocycles. The molecule has 0 radical (unpaired) electrons. The molecule has 3 aromatic rings.